The van der Waals surface area contributed by atoms with Gasteiger partial charge in [0.05, 0.1) is 5.02 Å². The number of carbonyl (C=O) groups excluding carboxylic acids is 1. The molecule has 0 aliphatic rings. The van der Waals surface area contributed by atoms with Crippen molar-refractivity contribution in [2.45, 2.75) is 13.5 Å². The average molecular weight is 327 g/mol. The highest BCUT2D eigenvalue weighted by molar-refractivity contribution is 6.30. The predicted molar refractivity (Wildman–Crippen MR) is 75.6 cm³/mol. The molecule has 0 spiro atoms. The molecule has 1 amide bonds. The first kappa shape index (κ1) is 16.0. The van der Waals surface area contributed by atoms with E-state index >= 15 is 0 Å². The zero-order chi connectivity index (χ0) is 16.3. The lowest BCUT2D eigenvalue weighted by atomic mass is 10.1. The van der Waals surface area contributed by atoms with Gasteiger partial charge in [0, 0.05) is 23.4 Å². The maximum Gasteiger partial charge on any atom is 0.297 e. The molecule has 116 valence electrons. The minimum atomic E-state index is -0.918. The van der Waals surface area contributed by atoms with Gasteiger partial charge in [-0.1, -0.05) is 11.6 Å². The number of aromatic hydroxyl groups is 1. The van der Waals surface area contributed by atoms with Crippen LogP contribution in [0.25, 0.3) is 0 Å². The Morgan fingerprint density at radius 3 is 2.86 bits per heavy atom. The number of halogens is 2. The Bertz CT molecular complexity index is 724. The van der Waals surface area contributed by atoms with Gasteiger partial charge < -0.3 is 9.84 Å². The lowest BCUT2D eigenvalue weighted by molar-refractivity contribution is 0.0697. The Hall–Kier alpha value is -2.38. The molecule has 1 heterocycles. The second kappa shape index (κ2) is 6.59. The number of nitrogens with zero attached hydrogens (tertiary/aromatic N) is 1. The van der Waals surface area contributed by atoms with E-state index in [4.69, 9.17) is 21.5 Å². The normalized spacial score (nSPS) is 10.4. The van der Waals surface area contributed by atoms with E-state index in [1.165, 1.54) is 29.9 Å². The smallest absolute Gasteiger partial charge is 0.297 e. The van der Waals surface area contributed by atoms with Gasteiger partial charge in [0.15, 0.2) is 5.69 Å². The van der Waals surface area contributed by atoms with E-state index in [-0.39, 0.29) is 23.1 Å². The molecule has 8 heteroatoms. The summed E-state index contributed by atoms with van der Waals surface area (Å²) in [5.74, 6) is -1.48. The van der Waals surface area contributed by atoms with Gasteiger partial charge in [0.25, 0.3) is 5.91 Å². The Labute approximate surface area is 130 Å². The molecule has 0 saturated heterocycles. The van der Waals surface area contributed by atoms with Crippen molar-refractivity contribution in [3.8, 4) is 11.5 Å². The largest absolute Gasteiger partial charge is 0.505 e. The Kier molecular flexibility index (Phi) is 4.79. The number of hydrogen-bond acceptors (Lipinski definition) is 5. The standard InChI is InChI=1S/C14H12ClFN2O4/c1-7-8(5-17-12(13(7)19)14(20)18-21)6-22-9-2-3-11(16)10(15)4-9/h2-5,19,21H,6H2,1H3,(H,18,20). The minimum Gasteiger partial charge on any atom is -0.505 e. The molecule has 0 unspecified atom stereocenters. The van der Waals surface area contributed by atoms with Crippen LogP contribution in [0.5, 0.6) is 11.5 Å². The Balaban J connectivity index is 2.18. The van der Waals surface area contributed by atoms with Gasteiger partial charge >= 0.3 is 0 Å². The summed E-state index contributed by atoms with van der Waals surface area (Å²) in [7, 11) is 0. The first-order valence-electron chi connectivity index (χ1n) is 6.13. The quantitative estimate of drug-likeness (QED) is 0.593. The number of hydroxylamine groups is 1. The monoisotopic (exact) mass is 326 g/mol. The van der Waals surface area contributed by atoms with Gasteiger partial charge in [-0.3, -0.25) is 10.0 Å². The lowest BCUT2D eigenvalue weighted by Crippen LogP contribution is -2.20. The molecule has 1 aromatic heterocycles. The van der Waals surface area contributed by atoms with E-state index < -0.39 is 11.7 Å². The van der Waals surface area contributed by atoms with Gasteiger partial charge in [0.2, 0.25) is 0 Å². The molecule has 0 atom stereocenters. The molecular weight excluding hydrogens is 315 g/mol. The topological polar surface area (TPSA) is 91.7 Å². The van der Waals surface area contributed by atoms with Crippen LogP contribution in [0.4, 0.5) is 4.39 Å². The van der Waals surface area contributed by atoms with E-state index in [0.29, 0.717) is 16.9 Å². The maximum atomic E-state index is 13.0. The number of amides is 1. The molecule has 0 radical (unpaired) electrons. The van der Waals surface area contributed by atoms with Gasteiger partial charge in [-0.2, -0.15) is 0 Å². The Morgan fingerprint density at radius 2 is 2.23 bits per heavy atom. The number of carbonyl (C=O) groups is 1. The zero-order valence-electron chi connectivity index (χ0n) is 11.4. The van der Waals surface area contributed by atoms with Crippen LogP contribution in [0, 0.1) is 12.7 Å². The highest BCUT2D eigenvalue weighted by Crippen LogP contribution is 2.26. The van der Waals surface area contributed by atoms with Crippen molar-refractivity contribution in [2.24, 2.45) is 0 Å². The van der Waals surface area contributed by atoms with Crippen molar-refractivity contribution in [3.05, 3.63) is 52.1 Å². The van der Waals surface area contributed by atoms with E-state index in [2.05, 4.69) is 4.98 Å². The molecule has 6 nitrogen and oxygen atoms in total. The summed E-state index contributed by atoms with van der Waals surface area (Å²) in [5.41, 5.74) is 2.00. The molecular formula is C14H12ClFN2O4. The van der Waals surface area contributed by atoms with Crippen molar-refractivity contribution in [1.29, 1.82) is 0 Å². The van der Waals surface area contributed by atoms with Gasteiger partial charge in [-0.15, -0.1) is 0 Å². The fourth-order valence-electron chi connectivity index (χ4n) is 1.72. The molecule has 2 aromatic rings. The third-order valence-corrected chi connectivity index (χ3v) is 3.30. The number of rotatable bonds is 4. The van der Waals surface area contributed by atoms with Crippen LogP contribution in [-0.4, -0.2) is 21.2 Å². The summed E-state index contributed by atoms with van der Waals surface area (Å²) < 4.78 is 18.5. The maximum absolute atomic E-state index is 13.0. The highest BCUT2D eigenvalue weighted by atomic mass is 35.5. The molecule has 3 N–H and O–H groups in total. The van der Waals surface area contributed by atoms with Crippen molar-refractivity contribution in [3.63, 3.8) is 0 Å². The number of ether oxygens (including phenoxy) is 1. The SMILES string of the molecule is Cc1c(COc2ccc(F)c(Cl)c2)cnc(C(=O)NO)c1O. The van der Waals surface area contributed by atoms with Crippen molar-refractivity contribution in [1.82, 2.24) is 10.5 Å². The number of hydrogen-bond donors (Lipinski definition) is 3. The molecule has 22 heavy (non-hydrogen) atoms. The summed E-state index contributed by atoms with van der Waals surface area (Å²) in [6.45, 7) is 1.61. The minimum absolute atomic E-state index is 0.0371. The van der Waals surface area contributed by atoms with Crippen LogP contribution in [0.15, 0.2) is 24.4 Å². The fraction of sp³-hybridized carbons (Fsp3) is 0.143. The van der Waals surface area contributed by atoms with Gasteiger partial charge in [-0.25, -0.2) is 14.9 Å². The summed E-state index contributed by atoms with van der Waals surface area (Å²) >= 11 is 5.65. The first-order valence-corrected chi connectivity index (χ1v) is 6.51. The zero-order valence-corrected chi connectivity index (χ0v) is 12.2. The van der Waals surface area contributed by atoms with E-state index in [1.54, 1.807) is 6.92 Å². The van der Waals surface area contributed by atoms with Gasteiger partial charge in [-0.05, 0) is 19.1 Å². The number of aromatic nitrogens is 1. The van der Waals surface area contributed by atoms with Crippen LogP contribution in [-0.2, 0) is 6.61 Å². The van der Waals surface area contributed by atoms with Crippen LogP contribution in [0.3, 0.4) is 0 Å². The van der Waals surface area contributed by atoms with Crippen LogP contribution in [0.2, 0.25) is 5.02 Å². The summed E-state index contributed by atoms with van der Waals surface area (Å²) in [6, 6.07) is 3.92. The summed E-state index contributed by atoms with van der Waals surface area (Å²) in [6.07, 6.45) is 1.34. The Morgan fingerprint density at radius 1 is 1.50 bits per heavy atom. The predicted octanol–water partition coefficient (Wildman–Crippen LogP) is 2.59. The second-order valence-corrected chi connectivity index (χ2v) is 4.82. The third-order valence-electron chi connectivity index (χ3n) is 3.01. The van der Waals surface area contributed by atoms with E-state index in [9.17, 15) is 14.3 Å². The molecule has 0 aliphatic heterocycles. The average Bonchev–Trinajstić information content (AvgIpc) is 2.51. The summed E-state index contributed by atoms with van der Waals surface area (Å²) in [4.78, 5) is 15.0. The molecule has 0 fully saturated rings. The van der Waals surface area contributed by atoms with E-state index in [1.807, 2.05) is 0 Å². The number of pyridine rings is 1. The lowest BCUT2D eigenvalue weighted by Gasteiger charge is -2.11. The van der Waals surface area contributed by atoms with Crippen LogP contribution in [0.1, 0.15) is 21.6 Å². The van der Waals surface area contributed by atoms with Crippen molar-refractivity contribution >= 4 is 17.5 Å². The van der Waals surface area contributed by atoms with Crippen LogP contribution < -0.4 is 10.2 Å². The summed E-state index contributed by atoms with van der Waals surface area (Å²) in [5, 5.41) is 18.4. The highest BCUT2D eigenvalue weighted by Gasteiger charge is 2.17. The molecule has 0 aliphatic carbocycles. The first-order chi connectivity index (χ1) is 10.4. The molecule has 0 bridgehead atoms. The molecule has 0 saturated carbocycles. The molecule has 1 aromatic carbocycles. The number of nitrogens with one attached hydrogen (secondary N) is 1. The third kappa shape index (κ3) is 3.26. The van der Waals surface area contributed by atoms with Gasteiger partial charge in [0.1, 0.15) is 23.9 Å². The van der Waals surface area contributed by atoms with Crippen molar-refractivity contribution in [2.75, 3.05) is 0 Å². The van der Waals surface area contributed by atoms with E-state index in [0.717, 1.165) is 0 Å². The molecule has 2 rings (SSSR count). The van der Waals surface area contributed by atoms with Crippen molar-refractivity contribution < 1.29 is 24.2 Å². The second-order valence-electron chi connectivity index (χ2n) is 4.41. The number of benzene rings is 1. The van der Waals surface area contributed by atoms with Crippen LogP contribution >= 0.6 is 11.6 Å². The fourth-order valence-corrected chi connectivity index (χ4v) is 1.89.